The molecule has 8 heteroatoms. The number of anilines is 1. The predicted molar refractivity (Wildman–Crippen MR) is 98.2 cm³/mol. The van der Waals surface area contributed by atoms with Gasteiger partial charge in [0.05, 0.1) is 4.91 Å². The molecule has 1 aliphatic rings. The fraction of sp³-hybridized carbons (Fsp3) is 0.125. The lowest BCUT2D eigenvalue weighted by atomic mass is 10.2. The van der Waals surface area contributed by atoms with Gasteiger partial charge >= 0.3 is 0 Å². The molecule has 3 rings (SSSR count). The van der Waals surface area contributed by atoms with Crippen LogP contribution in [0.1, 0.15) is 17.0 Å². The molecule has 0 radical (unpaired) electrons. The Hall–Kier alpha value is -2.45. The maximum absolute atomic E-state index is 12.5. The van der Waals surface area contributed by atoms with Gasteiger partial charge in [-0.1, -0.05) is 23.9 Å². The van der Waals surface area contributed by atoms with Gasteiger partial charge in [-0.3, -0.25) is 10.2 Å². The number of aromatic hydroxyl groups is 1. The van der Waals surface area contributed by atoms with Crippen LogP contribution in [0.2, 0.25) is 0 Å². The van der Waals surface area contributed by atoms with Crippen LogP contribution >= 0.6 is 24.0 Å². The summed E-state index contributed by atoms with van der Waals surface area (Å²) in [5.74, 6) is 0.240. The van der Waals surface area contributed by atoms with Gasteiger partial charge in [0.1, 0.15) is 5.75 Å². The molecule has 1 amide bonds. The molecule has 122 valence electrons. The number of nitrogens with zero attached hydrogens (tertiary/aromatic N) is 3. The molecule has 2 aromatic rings. The summed E-state index contributed by atoms with van der Waals surface area (Å²) in [6.45, 7) is 3.71. The SMILES string of the molecule is Cc1cc(C)nc(NN2C(=O)C(=Cc3ccc(O)cc3)SC2=S)n1. The van der Waals surface area contributed by atoms with Gasteiger partial charge in [-0.2, -0.15) is 5.01 Å². The number of phenols is 1. The van der Waals surface area contributed by atoms with E-state index < -0.39 is 0 Å². The molecule has 0 spiro atoms. The van der Waals surface area contributed by atoms with E-state index in [0.29, 0.717) is 15.2 Å². The molecule has 0 aliphatic carbocycles. The van der Waals surface area contributed by atoms with Gasteiger partial charge in [-0.15, -0.1) is 0 Å². The topological polar surface area (TPSA) is 78.4 Å². The summed E-state index contributed by atoms with van der Waals surface area (Å²) in [6.07, 6.45) is 1.72. The molecule has 0 saturated carbocycles. The first kappa shape index (κ1) is 16.4. The number of rotatable bonds is 3. The number of aryl methyl sites for hydroxylation is 2. The molecule has 0 atom stereocenters. The molecular weight excluding hydrogens is 344 g/mol. The van der Waals surface area contributed by atoms with Gasteiger partial charge in [-0.05, 0) is 55.9 Å². The first-order chi connectivity index (χ1) is 11.4. The Morgan fingerprint density at radius 3 is 2.46 bits per heavy atom. The highest BCUT2D eigenvalue weighted by molar-refractivity contribution is 8.26. The van der Waals surface area contributed by atoms with Crippen LogP contribution in [0.5, 0.6) is 5.75 Å². The van der Waals surface area contributed by atoms with E-state index in [9.17, 15) is 9.90 Å². The second kappa shape index (κ2) is 6.58. The third kappa shape index (κ3) is 3.55. The quantitative estimate of drug-likeness (QED) is 0.645. The van der Waals surface area contributed by atoms with Crippen molar-refractivity contribution < 1.29 is 9.90 Å². The van der Waals surface area contributed by atoms with Crippen LogP contribution in [0.15, 0.2) is 35.2 Å². The lowest BCUT2D eigenvalue weighted by Crippen LogP contribution is -2.34. The summed E-state index contributed by atoms with van der Waals surface area (Å²) in [6, 6.07) is 8.42. The zero-order chi connectivity index (χ0) is 17.3. The number of phenolic OH excluding ortho intramolecular Hbond substituents is 1. The Morgan fingerprint density at radius 2 is 1.83 bits per heavy atom. The number of thiocarbonyl (C=S) groups is 1. The fourth-order valence-electron chi connectivity index (χ4n) is 2.16. The minimum absolute atomic E-state index is 0.174. The molecule has 24 heavy (non-hydrogen) atoms. The minimum Gasteiger partial charge on any atom is -0.508 e. The molecule has 6 nitrogen and oxygen atoms in total. The predicted octanol–water partition coefficient (Wildman–Crippen LogP) is 3.03. The number of hydrogen-bond acceptors (Lipinski definition) is 7. The molecule has 1 aliphatic heterocycles. The highest BCUT2D eigenvalue weighted by atomic mass is 32.2. The van der Waals surface area contributed by atoms with Gasteiger partial charge in [0, 0.05) is 11.4 Å². The highest BCUT2D eigenvalue weighted by Crippen LogP contribution is 2.32. The fourth-order valence-corrected chi connectivity index (χ4v) is 3.34. The summed E-state index contributed by atoms with van der Waals surface area (Å²) >= 11 is 6.46. The number of nitrogens with one attached hydrogen (secondary N) is 1. The number of aromatic nitrogens is 2. The van der Waals surface area contributed by atoms with E-state index in [1.54, 1.807) is 30.3 Å². The summed E-state index contributed by atoms with van der Waals surface area (Å²) in [5.41, 5.74) is 5.27. The molecule has 2 heterocycles. The van der Waals surface area contributed by atoms with Crippen molar-refractivity contribution in [1.82, 2.24) is 15.0 Å². The first-order valence-corrected chi connectivity index (χ1v) is 8.31. The van der Waals surface area contributed by atoms with Crippen molar-refractivity contribution in [1.29, 1.82) is 0 Å². The largest absolute Gasteiger partial charge is 0.508 e. The third-order valence-corrected chi connectivity index (χ3v) is 4.48. The number of benzene rings is 1. The van der Waals surface area contributed by atoms with Crippen molar-refractivity contribution in [2.24, 2.45) is 0 Å². The van der Waals surface area contributed by atoms with Crippen LogP contribution in [0.4, 0.5) is 5.95 Å². The number of hydrazine groups is 1. The Bertz CT molecular complexity index is 829. The van der Waals surface area contributed by atoms with Crippen molar-refractivity contribution >= 4 is 46.2 Å². The molecule has 1 fully saturated rings. The van der Waals surface area contributed by atoms with E-state index in [-0.39, 0.29) is 11.7 Å². The standard InChI is InChI=1S/C16H14N4O2S2/c1-9-7-10(2)18-15(17-9)19-20-14(22)13(24-16(20)23)8-11-3-5-12(21)6-4-11/h3-8,21H,1-2H3,(H,17,18,19). The monoisotopic (exact) mass is 358 g/mol. The zero-order valence-electron chi connectivity index (χ0n) is 13.0. The summed E-state index contributed by atoms with van der Waals surface area (Å²) in [4.78, 5) is 21.5. The van der Waals surface area contributed by atoms with Crippen molar-refractivity contribution in [2.45, 2.75) is 13.8 Å². The van der Waals surface area contributed by atoms with Crippen LogP contribution in [0.25, 0.3) is 6.08 Å². The van der Waals surface area contributed by atoms with E-state index in [4.69, 9.17) is 12.2 Å². The van der Waals surface area contributed by atoms with Crippen molar-refractivity contribution in [2.75, 3.05) is 5.43 Å². The van der Waals surface area contributed by atoms with E-state index in [0.717, 1.165) is 17.0 Å². The normalized spacial score (nSPS) is 16.1. The molecule has 2 N–H and O–H groups in total. The maximum Gasteiger partial charge on any atom is 0.285 e. The number of amides is 1. The summed E-state index contributed by atoms with van der Waals surface area (Å²) in [5, 5.41) is 10.6. The lowest BCUT2D eigenvalue weighted by molar-refractivity contribution is -0.121. The number of hydrogen-bond donors (Lipinski definition) is 2. The molecule has 1 saturated heterocycles. The molecule has 1 aromatic carbocycles. The number of thioether (sulfide) groups is 1. The van der Waals surface area contributed by atoms with Crippen molar-refractivity contribution in [3.05, 3.63) is 52.2 Å². The Labute approximate surface area is 148 Å². The summed E-state index contributed by atoms with van der Waals surface area (Å²) in [7, 11) is 0. The first-order valence-electron chi connectivity index (χ1n) is 7.08. The Kier molecular flexibility index (Phi) is 4.50. The Morgan fingerprint density at radius 1 is 1.21 bits per heavy atom. The van der Waals surface area contributed by atoms with Gasteiger partial charge in [0.15, 0.2) is 4.32 Å². The van der Waals surface area contributed by atoms with Gasteiger partial charge in [0.25, 0.3) is 5.91 Å². The van der Waals surface area contributed by atoms with E-state index >= 15 is 0 Å². The van der Waals surface area contributed by atoms with Crippen LogP contribution in [-0.4, -0.2) is 30.3 Å². The van der Waals surface area contributed by atoms with Crippen LogP contribution in [0, 0.1) is 13.8 Å². The maximum atomic E-state index is 12.5. The number of carbonyl (C=O) groups excluding carboxylic acids is 1. The van der Waals surface area contributed by atoms with Crippen LogP contribution in [-0.2, 0) is 4.79 Å². The Balaban J connectivity index is 1.82. The van der Waals surface area contributed by atoms with E-state index in [2.05, 4.69) is 15.4 Å². The van der Waals surface area contributed by atoms with Crippen molar-refractivity contribution in [3.8, 4) is 5.75 Å². The smallest absolute Gasteiger partial charge is 0.285 e. The molecule has 0 bridgehead atoms. The zero-order valence-corrected chi connectivity index (χ0v) is 14.6. The van der Waals surface area contributed by atoms with E-state index in [1.807, 2.05) is 19.9 Å². The van der Waals surface area contributed by atoms with Crippen LogP contribution < -0.4 is 5.43 Å². The number of carbonyl (C=O) groups is 1. The van der Waals surface area contributed by atoms with Gasteiger partial charge in [-0.25, -0.2) is 9.97 Å². The second-order valence-corrected chi connectivity index (χ2v) is 6.87. The molecule has 1 aromatic heterocycles. The van der Waals surface area contributed by atoms with Crippen molar-refractivity contribution in [3.63, 3.8) is 0 Å². The lowest BCUT2D eigenvalue weighted by Gasteiger charge is -2.15. The van der Waals surface area contributed by atoms with E-state index in [1.165, 1.54) is 16.8 Å². The second-order valence-electron chi connectivity index (χ2n) is 5.19. The summed E-state index contributed by atoms with van der Waals surface area (Å²) < 4.78 is 0.382. The highest BCUT2D eigenvalue weighted by Gasteiger charge is 2.33. The van der Waals surface area contributed by atoms with Gasteiger partial charge in [0.2, 0.25) is 5.95 Å². The average molecular weight is 358 g/mol. The molecule has 0 unspecified atom stereocenters. The average Bonchev–Trinajstić information content (AvgIpc) is 2.76. The third-order valence-electron chi connectivity index (χ3n) is 3.18. The minimum atomic E-state index is -0.263. The van der Waals surface area contributed by atoms with Gasteiger partial charge < -0.3 is 5.11 Å². The van der Waals surface area contributed by atoms with Crippen LogP contribution in [0.3, 0.4) is 0 Å². The molecular formula is C16H14N4O2S2.